The predicted molar refractivity (Wildman–Crippen MR) is 111 cm³/mol. The highest BCUT2D eigenvalue weighted by atomic mass is 79.9. The average Bonchev–Trinajstić information content (AvgIpc) is 2.54. The molecule has 2 N–H and O–H groups in total. The third-order valence-corrected chi connectivity index (χ3v) is 8.54. The van der Waals surface area contributed by atoms with Crippen LogP contribution in [0.5, 0.6) is 5.75 Å². The van der Waals surface area contributed by atoms with Gasteiger partial charge in [-0.2, -0.15) is 17.9 Å². The Bertz CT molecular complexity index is 923. The third kappa shape index (κ3) is 5.31. The largest absolute Gasteiger partial charge is 0.496 e. The van der Waals surface area contributed by atoms with Gasteiger partial charge in [0.05, 0.1) is 16.5 Å². The molecule has 1 amide bonds. The van der Waals surface area contributed by atoms with Crippen LogP contribution in [0.4, 0.5) is 13.2 Å². The van der Waals surface area contributed by atoms with E-state index in [1.165, 1.54) is 19.2 Å². The van der Waals surface area contributed by atoms with Gasteiger partial charge in [-0.25, -0.2) is 8.42 Å². The molecule has 12 heteroatoms. The summed E-state index contributed by atoms with van der Waals surface area (Å²) < 4.78 is 71.7. The molecule has 0 aliphatic heterocycles. The minimum absolute atomic E-state index is 0.179. The predicted octanol–water partition coefficient (Wildman–Crippen LogP) is 4.27. The van der Waals surface area contributed by atoms with Gasteiger partial charge in [0.1, 0.15) is 11.8 Å². The fourth-order valence-electron chi connectivity index (χ4n) is 3.85. The highest BCUT2D eigenvalue weighted by molar-refractivity contribution is 9.11. The van der Waals surface area contributed by atoms with E-state index in [1.54, 1.807) is 0 Å². The summed E-state index contributed by atoms with van der Waals surface area (Å²) in [6, 6.07) is 1.43. The summed E-state index contributed by atoms with van der Waals surface area (Å²) in [7, 11) is -2.85. The maximum absolute atomic E-state index is 13.0. The van der Waals surface area contributed by atoms with E-state index in [0.717, 1.165) is 19.3 Å². The highest BCUT2D eigenvalue weighted by Crippen LogP contribution is 2.56. The molecule has 4 rings (SSSR count). The van der Waals surface area contributed by atoms with Crippen molar-refractivity contribution in [2.45, 2.75) is 61.2 Å². The fourth-order valence-corrected chi connectivity index (χ4v) is 6.95. The van der Waals surface area contributed by atoms with Crippen molar-refractivity contribution < 1.29 is 31.1 Å². The fraction of sp³-hybridized carbons (Fsp3) is 0.611. The minimum Gasteiger partial charge on any atom is -0.496 e. The van der Waals surface area contributed by atoms with E-state index in [0.29, 0.717) is 10.4 Å². The van der Waals surface area contributed by atoms with E-state index in [9.17, 15) is 26.4 Å². The lowest BCUT2D eigenvalue weighted by atomic mass is 9.50. The maximum Gasteiger partial charge on any atom is 0.389 e. The average molecular weight is 578 g/mol. The van der Waals surface area contributed by atoms with Crippen LogP contribution in [0.3, 0.4) is 0 Å². The first-order valence-corrected chi connectivity index (χ1v) is 12.4. The van der Waals surface area contributed by atoms with E-state index in [4.69, 9.17) is 4.74 Å². The number of amides is 1. The molecule has 1 aromatic carbocycles. The number of methoxy groups -OCH3 is 1. The van der Waals surface area contributed by atoms with Gasteiger partial charge in [-0.1, -0.05) is 0 Å². The lowest BCUT2D eigenvalue weighted by molar-refractivity contribution is -0.139. The Morgan fingerprint density at radius 2 is 1.90 bits per heavy atom. The molecule has 0 aromatic heterocycles. The monoisotopic (exact) mass is 576 g/mol. The van der Waals surface area contributed by atoms with Crippen LogP contribution in [-0.4, -0.2) is 39.2 Å². The number of hydrogen-bond donors (Lipinski definition) is 2. The van der Waals surface area contributed by atoms with E-state index in [-0.39, 0.29) is 33.5 Å². The molecule has 1 unspecified atom stereocenters. The van der Waals surface area contributed by atoms with Crippen LogP contribution in [0.15, 0.2) is 26.0 Å². The molecule has 6 nitrogen and oxygen atoms in total. The van der Waals surface area contributed by atoms with Crippen molar-refractivity contribution in [3.05, 3.63) is 21.1 Å². The Morgan fingerprint density at radius 3 is 2.40 bits per heavy atom. The molecule has 3 fully saturated rings. The summed E-state index contributed by atoms with van der Waals surface area (Å²) in [5.74, 6) is 0.237. The van der Waals surface area contributed by atoms with Crippen LogP contribution in [0.25, 0.3) is 0 Å². The molecule has 3 saturated carbocycles. The number of halogens is 5. The Kier molecular flexibility index (Phi) is 6.82. The number of benzene rings is 1. The lowest BCUT2D eigenvalue weighted by Crippen LogP contribution is -2.70. The van der Waals surface area contributed by atoms with E-state index in [2.05, 4.69) is 41.9 Å². The van der Waals surface area contributed by atoms with Gasteiger partial charge >= 0.3 is 6.18 Å². The standard InChI is InChI=1S/C18H21Br2F3N2O4S/c1-29-14-6-15(12(20)5-11(14)19)30(27,28)25-13(3-2-4-18(21,22)23)16(26)24-17-7-10(8-17)9-17/h5-6,10,13,25H,2-4,7-9H2,1H3,(H,24,26). The van der Waals surface area contributed by atoms with Crippen molar-refractivity contribution in [1.82, 2.24) is 10.0 Å². The molecular formula is C18H21Br2F3N2O4S. The lowest BCUT2D eigenvalue weighted by Gasteiger charge is -2.62. The van der Waals surface area contributed by atoms with Crippen molar-refractivity contribution >= 4 is 47.8 Å². The molecule has 30 heavy (non-hydrogen) atoms. The van der Waals surface area contributed by atoms with Crippen LogP contribution >= 0.6 is 31.9 Å². The topological polar surface area (TPSA) is 84.5 Å². The quantitative estimate of drug-likeness (QED) is 0.459. The van der Waals surface area contributed by atoms with Crippen LogP contribution < -0.4 is 14.8 Å². The van der Waals surface area contributed by atoms with Crippen molar-refractivity contribution in [3.8, 4) is 5.75 Å². The van der Waals surface area contributed by atoms with Gasteiger partial charge < -0.3 is 10.1 Å². The summed E-state index contributed by atoms with van der Waals surface area (Å²) in [5, 5.41) is 2.84. The van der Waals surface area contributed by atoms with E-state index in [1.807, 2.05) is 0 Å². The second kappa shape index (κ2) is 8.59. The number of sulfonamides is 1. The SMILES string of the molecule is COc1cc(S(=O)(=O)NC(CCCC(F)(F)F)C(=O)NC23CC(C2)C3)c(Br)cc1Br. The number of carbonyl (C=O) groups excluding carboxylic acids is 1. The molecule has 3 aliphatic rings. The van der Waals surface area contributed by atoms with Gasteiger partial charge in [-0.3, -0.25) is 4.79 Å². The third-order valence-electron chi connectivity index (χ3n) is 5.49. The number of ether oxygens (including phenoxy) is 1. The van der Waals surface area contributed by atoms with Crippen LogP contribution in [0.1, 0.15) is 38.5 Å². The maximum atomic E-state index is 13.0. The zero-order chi connectivity index (χ0) is 22.3. The summed E-state index contributed by atoms with van der Waals surface area (Å²) >= 11 is 6.42. The molecule has 2 bridgehead atoms. The summed E-state index contributed by atoms with van der Waals surface area (Å²) in [4.78, 5) is 12.6. The Labute approximate surface area is 189 Å². The molecule has 1 aromatic rings. The van der Waals surface area contributed by atoms with Gasteiger partial charge in [0.2, 0.25) is 15.9 Å². The molecule has 0 radical (unpaired) electrons. The first kappa shape index (κ1) is 23.8. The van der Waals surface area contributed by atoms with Crippen molar-refractivity contribution in [2.75, 3.05) is 7.11 Å². The minimum atomic E-state index is -4.38. The Hall–Kier alpha value is -0.850. The second-order valence-corrected chi connectivity index (χ2v) is 11.2. The smallest absolute Gasteiger partial charge is 0.389 e. The van der Waals surface area contributed by atoms with Crippen molar-refractivity contribution in [2.24, 2.45) is 5.92 Å². The molecule has 0 heterocycles. The first-order valence-electron chi connectivity index (χ1n) is 9.28. The van der Waals surface area contributed by atoms with Gasteiger partial charge in [0.15, 0.2) is 0 Å². The summed E-state index contributed by atoms with van der Waals surface area (Å²) in [6.07, 6.45) is -3.63. The zero-order valence-electron chi connectivity index (χ0n) is 16.0. The normalized spacial score (nSPS) is 23.9. The van der Waals surface area contributed by atoms with Crippen LogP contribution in [-0.2, 0) is 14.8 Å². The number of nitrogens with one attached hydrogen (secondary N) is 2. The van der Waals surface area contributed by atoms with Crippen LogP contribution in [0, 0.1) is 5.92 Å². The zero-order valence-corrected chi connectivity index (χ0v) is 20.0. The molecule has 3 aliphatic carbocycles. The molecular weight excluding hydrogens is 557 g/mol. The van der Waals surface area contributed by atoms with Gasteiger partial charge in [0, 0.05) is 22.5 Å². The highest BCUT2D eigenvalue weighted by Gasteiger charge is 2.57. The number of alkyl halides is 3. The van der Waals surface area contributed by atoms with E-state index < -0.39 is 34.6 Å². The van der Waals surface area contributed by atoms with Gasteiger partial charge in [0.25, 0.3) is 0 Å². The Morgan fingerprint density at radius 1 is 1.27 bits per heavy atom. The first-order chi connectivity index (χ1) is 13.8. The van der Waals surface area contributed by atoms with Gasteiger partial charge in [-0.15, -0.1) is 0 Å². The molecule has 1 atom stereocenters. The molecule has 0 spiro atoms. The van der Waals surface area contributed by atoms with Crippen LogP contribution in [0.2, 0.25) is 0 Å². The number of rotatable bonds is 9. The van der Waals surface area contributed by atoms with Gasteiger partial charge in [-0.05, 0) is 75.9 Å². The number of carbonyl (C=O) groups is 1. The summed E-state index contributed by atoms with van der Waals surface area (Å²) in [5.41, 5.74) is -0.323. The molecule has 168 valence electrons. The van der Waals surface area contributed by atoms with Crippen molar-refractivity contribution in [3.63, 3.8) is 0 Å². The Balaban J connectivity index is 1.78. The number of hydrogen-bond acceptors (Lipinski definition) is 4. The van der Waals surface area contributed by atoms with E-state index >= 15 is 0 Å². The summed E-state index contributed by atoms with van der Waals surface area (Å²) in [6.45, 7) is 0. The molecule has 0 saturated heterocycles. The second-order valence-electron chi connectivity index (χ2n) is 7.85. The van der Waals surface area contributed by atoms with Crippen molar-refractivity contribution in [1.29, 1.82) is 0 Å².